The summed E-state index contributed by atoms with van der Waals surface area (Å²) in [7, 11) is 0. The van der Waals surface area contributed by atoms with Crippen molar-refractivity contribution in [1.82, 2.24) is 10.5 Å². The van der Waals surface area contributed by atoms with Gasteiger partial charge in [-0.25, -0.2) is 0 Å². The van der Waals surface area contributed by atoms with Gasteiger partial charge in [-0.05, 0) is 31.2 Å². The third-order valence-corrected chi connectivity index (χ3v) is 3.53. The molecule has 0 fully saturated rings. The highest BCUT2D eigenvalue weighted by molar-refractivity contribution is 5.98. The molecule has 3 rings (SSSR count). The topological polar surface area (TPSA) is 104 Å². The lowest BCUT2D eigenvalue weighted by Crippen LogP contribution is -2.30. The van der Waals surface area contributed by atoms with E-state index < -0.39 is 11.9 Å². The van der Waals surface area contributed by atoms with Crippen LogP contribution >= 0.6 is 0 Å². The first-order valence-corrected chi connectivity index (χ1v) is 8.32. The number of hydrogen-bond acceptors (Lipinski definition) is 7. The van der Waals surface area contributed by atoms with Crippen molar-refractivity contribution in [3.05, 3.63) is 60.0 Å². The number of esters is 1. The van der Waals surface area contributed by atoms with Crippen LogP contribution < -0.4 is 10.1 Å². The van der Waals surface area contributed by atoms with Crippen LogP contribution in [-0.2, 0) is 16.1 Å². The van der Waals surface area contributed by atoms with Crippen molar-refractivity contribution in [3.8, 4) is 17.3 Å². The Hall–Kier alpha value is -3.55. The van der Waals surface area contributed by atoms with Gasteiger partial charge >= 0.3 is 5.97 Å². The Balaban J connectivity index is 1.48. The molecule has 0 aliphatic rings. The number of amides is 1. The van der Waals surface area contributed by atoms with E-state index in [4.69, 9.17) is 18.4 Å². The van der Waals surface area contributed by atoms with Crippen LogP contribution in [0.1, 0.15) is 23.0 Å². The van der Waals surface area contributed by atoms with Crippen molar-refractivity contribution in [1.29, 1.82) is 0 Å². The molecule has 3 aromatic rings. The summed E-state index contributed by atoms with van der Waals surface area (Å²) in [4.78, 5) is 24.1. The molecular formula is C19H18N2O6. The van der Waals surface area contributed by atoms with Crippen LogP contribution in [0.15, 0.2) is 57.7 Å². The van der Waals surface area contributed by atoms with Gasteiger partial charge in [0.2, 0.25) is 5.76 Å². The fourth-order valence-corrected chi connectivity index (χ4v) is 2.30. The molecule has 0 aliphatic heterocycles. The number of aromatic nitrogens is 1. The fourth-order valence-electron chi connectivity index (χ4n) is 2.30. The van der Waals surface area contributed by atoms with E-state index in [0.717, 1.165) is 0 Å². The third-order valence-electron chi connectivity index (χ3n) is 3.53. The quantitative estimate of drug-likeness (QED) is 0.608. The molecule has 0 radical (unpaired) electrons. The third kappa shape index (κ3) is 4.75. The number of rotatable bonds is 8. The van der Waals surface area contributed by atoms with Gasteiger partial charge in [-0.2, -0.15) is 0 Å². The highest BCUT2D eigenvalue weighted by Gasteiger charge is 2.15. The summed E-state index contributed by atoms with van der Waals surface area (Å²) in [5, 5.41) is 6.31. The van der Waals surface area contributed by atoms with Gasteiger partial charge in [-0.1, -0.05) is 17.3 Å². The van der Waals surface area contributed by atoms with Gasteiger partial charge in [0.05, 0.1) is 18.4 Å². The Morgan fingerprint density at radius 3 is 2.78 bits per heavy atom. The number of ether oxygens (including phenoxy) is 2. The van der Waals surface area contributed by atoms with Gasteiger partial charge in [0.1, 0.15) is 24.6 Å². The Morgan fingerprint density at radius 2 is 2.00 bits per heavy atom. The number of furan rings is 1. The van der Waals surface area contributed by atoms with E-state index >= 15 is 0 Å². The Kier molecular flexibility index (Phi) is 5.88. The lowest BCUT2D eigenvalue weighted by molar-refractivity contribution is -0.143. The van der Waals surface area contributed by atoms with Crippen LogP contribution in [0.3, 0.4) is 0 Å². The maximum Gasteiger partial charge on any atom is 0.325 e. The molecule has 0 bridgehead atoms. The van der Waals surface area contributed by atoms with Crippen molar-refractivity contribution in [3.63, 3.8) is 0 Å². The number of carbonyl (C=O) groups excluding carboxylic acids is 2. The number of nitrogens with one attached hydrogen (secondary N) is 1. The lowest BCUT2D eigenvalue weighted by atomic mass is 10.2. The fraction of sp³-hybridized carbons (Fsp3) is 0.211. The normalized spacial score (nSPS) is 10.4. The number of hydrogen-bond donors (Lipinski definition) is 1. The second-order valence-electron chi connectivity index (χ2n) is 5.43. The Labute approximate surface area is 155 Å². The van der Waals surface area contributed by atoms with Crippen LogP contribution in [0.4, 0.5) is 0 Å². The van der Waals surface area contributed by atoms with E-state index in [1.165, 1.54) is 6.26 Å². The molecule has 140 valence electrons. The van der Waals surface area contributed by atoms with Crippen LogP contribution in [-0.4, -0.2) is 30.2 Å². The minimum absolute atomic E-state index is 0.0750. The van der Waals surface area contributed by atoms with E-state index in [0.29, 0.717) is 35.1 Å². The van der Waals surface area contributed by atoms with E-state index in [1.54, 1.807) is 42.5 Å². The Bertz CT molecular complexity index is 901. The van der Waals surface area contributed by atoms with Crippen molar-refractivity contribution in [2.75, 3.05) is 13.2 Å². The zero-order valence-corrected chi connectivity index (χ0v) is 14.6. The SMILES string of the molecule is CCOc1ccccc1C(=O)NCC(=O)OCc1cc(-c2ccco2)on1. The molecule has 0 spiro atoms. The first kappa shape index (κ1) is 18.2. The maximum atomic E-state index is 12.2. The monoisotopic (exact) mass is 370 g/mol. The average Bonchev–Trinajstić information content (AvgIpc) is 3.36. The predicted molar refractivity (Wildman–Crippen MR) is 93.9 cm³/mol. The van der Waals surface area contributed by atoms with Crippen LogP contribution in [0.25, 0.3) is 11.5 Å². The minimum atomic E-state index is -0.597. The van der Waals surface area contributed by atoms with Gasteiger partial charge in [-0.3, -0.25) is 9.59 Å². The smallest absolute Gasteiger partial charge is 0.325 e. The number of nitrogens with zero attached hydrogens (tertiary/aromatic N) is 1. The average molecular weight is 370 g/mol. The van der Waals surface area contributed by atoms with Gasteiger partial charge in [-0.15, -0.1) is 0 Å². The number of benzene rings is 1. The molecule has 8 nitrogen and oxygen atoms in total. The highest BCUT2D eigenvalue weighted by atomic mass is 16.5. The van der Waals surface area contributed by atoms with Gasteiger partial charge in [0, 0.05) is 6.07 Å². The molecule has 27 heavy (non-hydrogen) atoms. The summed E-state index contributed by atoms with van der Waals surface area (Å²) in [6, 6.07) is 11.9. The summed E-state index contributed by atoms with van der Waals surface area (Å²) < 4.78 is 20.8. The number of para-hydroxylation sites is 1. The van der Waals surface area contributed by atoms with E-state index in [9.17, 15) is 9.59 Å². The summed E-state index contributed by atoms with van der Waals surface area (Å²) >= 11 is 0. The second-order valence-corrected chi connectivity index (χ2v) is 5.43. The van der Waals surface area contributed by atoms with Gasteiger partial charge < -0.3 is 23.7 Å². The van der Waals surface area contributed by atoms with Crippen molar-refractivity contribution in [2.45, 2.75) is 13.5 Å². The second kappa shape index (κ2) is 8.70. The molecule has 0 saturated carbocycles. The molecule has 2 aromatic heterocycles. The molecule has 1 amide bonds. The van der Waals surface area contributed by atoms with Gasteiger partial charge in [0.25, 0.3) is 5.91 Å². The van der Waals surface area contributed by atoms with Crippen LogP contribution in [0.2, 0.25) is 0 Å². The zero-order valence-electron chi connectivity index (χ0n) is 14.6. The maximum absolute atomic E-state index is 12.2. The number of carbonyl (C=O) groups is 2. The van der Waals surface area contributed by atoms with Crippen LogP contribution in [0, 0.1) is 0 Å². The first-order valence-electron chi connectivity index (χ1n) is 8.32. The minimum Gasteiger partial charge on any atom is -0.493 e. The summed E-state index contributed by atoms with van der Waals surface area (Å²) in [5.74, 6) is 0.406. The predicted octanol–water partition coefficient (Wildman–Crippen LogP) is 2.81. The van der Waals surface area contributed by atoms with Crippen molar-refractivity contribution in [2.24, 2.45) is 0 Å². The molecule has 0 atom stereocenters. The standard InChI is InChI=1S/C19H18N2O6/c1-2-24-15-7-4-3-6-14(15)19(23)20-11-18(22)26-12-13-10-17(27-21-13)16-8-5-9-25-16/h3-10H,2,11-12H2,1H3,(H,20,23). The summed E-state index contributed by atoms with van der Waals surface area (Å²) in [6.07, 6.45) is 1.52. The van der Waals surface area contributed by atoms with Crippen molar-refractivity contribution < 1.29 is 28.0 Å². The molecule has 2 heterocycles. The zero-order chi connectivity index (χ0) is 19.1. The highest BCUT2D eigenvalue weighted by Crippen LogP contribution is 2.21. The van der Waals surface area contributed by atoms with Crippen LogP contribution in [0.5, 0.6) is 5.75 Å². The molecule has 1 aromatic carbocycles. The summed E-state index contributed by atoms with van der Waals surface area (Å²) in [6.45, 7) is 1.91. The van der Waals surface area contributed by atoms with E-state index in [2.05, 4.69) is 10.5 Å². The van der Waals surface area contributed by atoms with Gasteiger partial charge in [0.15, 0.2) is 5.76 Å². The van der Waals surface area contributed by atoms with E-state index in [1.807, 2.05) is 6.92 Å². The Morgan fingerprint density at radius 1 is 1.15 bits per heavy atom. The first-order chi connectivity index (χ1) is 13.2. The molecule has 0 unspecified atom stereocenters. The largest absolute Gasteiger partial charge is 0.493 e. The molecular weight excluding hydrogens is 352 g/mol. The lowest BCUT2D eigenvalue weighted by Gasteiger charge is -2.10. The molecule has 0 saturated heterocycles. The van der Waals surface area contributed by atoms with Crippen molar-refractivity contribution >= 4 is 11.9 Å². The molecule has 1 N–H and O–H groups in total. The summed E-state index contributed by atoms with van der Waals surface area (Å²) in [5.41, 5.74) is 0.787. The molecule has 0 aliphatic carbocycles. The van der Waals surface area contributed by atoms with E-state index in [-0.39, 0.29) is 13.2 Å². The molecule has 8 heteroatoms.